The van der Waals surface area contributed by atoms with Crippen LogP contribution in [-0.2, 0) is 19.4 Å². The van der Waals surface area contributed by atoms with Crippen LogP contribution in [0, 0.1) is 5.92 Å². The van der Waals surface area contributed by atoms with Crippen LogP contribution in [0.5, 0.6) is 0 Å². The maximum absolute atomic E-state index is 11.9. The second-order valence-electron chi connectivity index (χ2n) is 4.25. The van der Waals surface area contributed by atoms with Crippen LogP contribution in [0.3, 0.4) is 0 Å². The molecule has 0 aromatic heterocycles. The van der Waals surface area contributed by atoms with E-state index >= 15 is 0 Å². The number of carbonyl (C=O) groups excluding carboxylic acids is 1. The van der Waals surface area contributed by atoms with Crippen molar-refractivity contribution in [1.29, 1.82) is 0 Å². The van der Waals surface area contributed by atoms with E-state index in [1.54, 1.807) is 0 Å². The van der Waals surface area contributed by atoms with E-state index in [-0.39, 0.29) is 12.0 Å². The molecule has 3 atom stereocenters. The molecule has 16 heavy (non-hydrogen) atoms. The highest BCUT2D eigenvalue weighted by atomic mass is 32.2. The summed E-state index contributed by atoms with van der Waals surface area (Å²) in [5, 5.41) is 2.68. The molecule has 0 aromatic carbocycles. The maximum atomic E-state index is 11.9. The molecule has 3 unspecified atom stereocenters. The highest BCUT2D eigenvalue weighted by Gasteiger charge is 2.41. The van der Waals surface area contributed by atoms with Crippen molar-refractivity contribution in [3.63, 3.8) is 0 Å². The third-order valence-corrected chi connectivity index (χ3v) is 5.59. The normalized spacial score (nSPS) is 30.3. The lowest BCUT2D eigenvalue weighted by molar-refractivity contribution is -0.137. The Hall–Kier alpha value is -0.620. The van der Waals surface area contributed by atoms with Crippen LogP contribution in [0.2, 0.25) is 0 Å². The van der Waals surface area contributed by atoms with Crippen molar-refractivity contribution in [3.05, 3.63) is 0 Å². The van der Waals surface area contributed by atoms with Crippen LogP contribution in [-0.4, -0.2) is 45.6 Å². The first-order chi connectivity index (χ1) is 7.42. The fourth-order valence-electron chi connectivity index (χ4n) is 2.37. The lowest BCUT2D eigenvalue weighted by Gasteiger charge is -2.19. The van der Waals surface area contributed by atoms with E-state index in [9.17, 15) is 13.2 Å². The lowest BCUT2D eigenvalue weighted by atomic mass is 10.1. The summed E-state index contributed by atoms with van der Waals surface area (Å²) in [6.07, 6.45) is 1.45. The monoisotopic (exact) mass is 249 g/mol. The van der Waals surface area contributed by atoms with Gasteiger partial charge in [0.25, 0.3) is 0 Å². The molecule has 0 radical (unpaired) electrons. The molecule has 94 valence electrons. The van der Waals surface area contributed by atoms with E-state index in [0.29, 0.717) is 6.42 Å². The van der Waals surface area contributed by atoms with Crippen LogP contribution >= 0.6 is 0 Å². The van der Waals surface area contributed by atoms with Gasteiger partial charge in [0.2, 0.25) is 0 Å². The van der Waals surface area contributed by atoms with Gasteiger partial charge in [0.1, 0.15) is 5.75 Å². The molecule has 1 saturated carbocycles. The number of hydrogen-bond donors (Lipinski definition) is 1. The van der Waals surface area contributed by atoms with Gasteiger partial charge < -0.3 is 10.1 Å². The summed E-state index contributed by atoms with van der Waals surface area (Å²) in [4.78, 5) is 11.0. The highest BCUT2D eigenvalue weighted by Crippen LogP contribution is 2.31. The predicted molar refractivity (Wildman–Crippen MR) is 60.8 cm³/mol. The van der Waals surface area contributed by atoms with E-state index in [0.717, 1.165) is 6.42 Å². The van der Waals surface area contributed by atoms with Gasteiger partial charge in [0.05, 0.1) is 12.4 Å². The van der Waals surface area contributed by atoms with Crippen LogP contribution in [0.4, 0.5) is 0 Å². The molecule has 1 rings (SSSR count). The van der Waals surface area contributed by atoms with Gasteiger partial charge in [-0.2, -0.15) is 0 Å². The number of hydrogen-bond acceptors (Lipinski definition) is 5. The third-order valence-electron chi connectivity index (χ3n) is 3.36. The van der Waals surface area contributed by atoms with Crippen molar-refractivity contribution < 1.29 is 17.9 Å². The number of methoxy groups -OCH3 is 1. The van der Waals surface area contributed by atoms with Gasteiger partial charge in [-0.3, -0.25) is 4.79 Å². The molecule has 1 N–H and O–H groups in total. The first-order valence-corrected chi connectivity index (χ1v) is 7.09. The predicted octanol–water partition coefficient (Wildman–Crippen LogP) is -0.0393. The second kappa shape index (κ2) is 5.14. The first-order valence-electron chi connectivity index (χ1n) is 5.38. The fraction of sp³-hybridized carbons (Fsp3) is 0.900. The van der Waals surface area contributed by atoms with Crippen LogP contribution < -0.4 is 5.32 Å². The second-order valence-corrected chi connectivity index (χ2v) is 6.47. The lowest BCUT2D eigenvalue weighted by Crippen LogP contribution is -2.36. The van der Waals surface area contributed by atoms with Crippen molar-refractivity contribution in [2.24, 2.45) is 5.92 Å². The van der Waals surface area contributed by atoms with Gasteiger partial charge in [-0.05, 0) is 25.8 Å². The van der Waals surface area contributed by atoms with E-state index in [1.165, 1.54) is 7.11 Å². The van der Waals surface area contributed by atoms with E-state index in [4.69, 9.17) is 0 Å². The molecule has 5 nitrogen and oxygen atoms in total. The molecule has 0 aliphatic heterocycles. The fourth-order valence-corrected chi connectivity index (χ4v) is 4.37. The average molecular weight is 249 g/mol. The van der Waals surface area contributed by atoms with Crippen LogP contribution in [0.15, 0.2) is 0 Å². The Bertz CT molecular complexity index is 352. The highest BCUT2D eigenvalue weighted by molar-refractivity contribution is 7.92. The van der Waals surface area contributed by atoms with Gasteiger partial charge in [0.15, 0.2) is 9.84 Å². The molecule has 1 fully saturated rings. The summed E-state index contributed by atoms with van der Waals surface area (Å²) in [5.41, 5.74) is 0. The topological polar surface area (TPSA) is 72.5 Å². The van der Waals surface area contributed by atoms with Gasteiger partial charge in [-0.15, -0.1) is 0 Å². The molecule has 1 aliphatic rings. The standard InChI is InChI=1S/C10H19NO4S/c1-7-8(11-2)4-5-9(7)16(13,14)6-10(12)15-3/h7-9,11H,4-6H2,1-3H3. The molecule has 1 aliphatic carbocycles. The summed E-state index contributed by atoms with van der Waals surface area (Å²) in [6, 6.07) is 0.220. The number of nitrogens with one attached hydrogen (secondary N) is 1. The van der Waals surface area contributed by atoms with E-state index in [1.807, 2.05) is 14.0 Å². The van der Waals surface area contributed by atoms with Crippen molar-refractivity contribution in [2.75, 3.05) is 19.9 Å². The zero-order valence-electron chi connectivity index (χ0n) is 9.89. The van der Waals surface area contributed by atoms with Crippen molar-refractivity contribution >= 4 is 15.8 Å². The number of carbonyl (C=O) groups is 1. The zero-order valence-corrected chi connectivity index (χ0v) is 10.7. The van der Waals surface area contributed by atoms with Crippen molar-refractivity contribution in [1.82, 2.24) is 5.32 Å². The van der Waals surface area contributed by atoms with E-state index in [2.05, 4.69) is 10.1 Å². The first kappa shape index (κ1) is 13.4. The van der Waals surface area contributed by atoms with Gasteiger partial charge >= 0.3 is 5.97 Å². The Balaban J connectivity index is 2.74. The summed E-state index contributed by atoms with van der Waals surface area (Å²) in [7, 11) is -0.348. The third kappa shape index (κ3) is 2.74. The minimum atomic E-state index is -3.38. The van der Waals surface area contributed by atoms with Gasteiger partial charge in [0, 0.05) is 6.04 Å². The summed E-state index contributed by atoms with van der Waals surface area (Å²) in [6.45, 7) is 1.91. The summed E-state index contributed by atoms with van der Waals surface area (Å²) < 4.78 is 28.3. The molecule has 0 amide bonds. The molecule has 0 bridgehead atoms. The van der Waals surface area contributed by atoms with Gasteiger partial charge in [-0.25, -0.2) is 8.42 Å². The SMILES string of the molecule is CNC1CCC(S(=O)(=O)CC(=O)OC)C1C. The molecule has 6 heteroatoms. The zero-order chi connectivity index (χ0) is 12.3. The summed E-state index contributed by atoms with van der Waals surface area (Å²) in [5.74, 6) is -1.14. The number of esters is 1. The van der Waals surface area contributed by atoms with Crippen LogP contribution in [0.25, 0.3) is 0 Å². The Labute approximate surface area is 96.5 Å². The number of sulfone groups is 1. The van der Waals surface area contributed by atoms with E-state index < -0.39 is 26.8 Å². The molecular formula is C10H19NO4S. The molecule has 0 heterocycles. The van der Waals surface area contributed by atoms with Crippen LogP contribution in [0.1, 0.15) is 19.8 Å². The molecule has 0 spiro atoms. The minimum Gasteiger partial charge on any atom is -0.468 e. The largest absolute Gasteiger partial charge is 0.468 e. The summed E-state index contributed by atoms with van der Waals surface area (Å²) >= 11 is 0. The Morgan fingerprint density at radius 2 is 2.06 bits per heavy atom. The maximum Gasteiger partial charge on any atom is 0.320 e. The average Bonchev–Trinajstić information content (AvgIpc) is 2.59. The van der Waals surface area contributed by atoms with Crippen molar-refractivity contribution in [2.45, 2.75) is 31.1 Å². The minimum absolute atomic E-state index is 0.0413. The smallest absolute Gasteiger partial charge is 0.320 e. The Kier molecular flexibility index (Phi) is 4.32. The molecule has 0 aromatic rings. The number of ether oxygens (including phenoxy) is 1. The molecule has 0 saturated heterocycles. The molecular weight excluding hydrogens is 230 g/mol. The van der Waals surface area contributed by atoms with Gasteiger partial charge in [-0.1, -0.05) is 6.92 Å². The Morgan fingerprint density at radius 3 is 2.50 bits per heavy atom. The van der Waals surface area contributed by atoms with Crippen molar-refractivity contribution in [3.8, 4) is 0 Å². The number of rotatable bonds is 4. The Morgan fingerprint density at radius 1 is 1.44 bits per heavy atom. The quantitative estimate of drug-likeness (QED) is 0.708.